The number of aliphatic hydroxyl groups excluding tert-OH is 1. The summed E-state index contributed by atoms with van der Waals surface area (Å²) < 4.78 is 0. The van der Waals surface area contributed by atoms with Crippen molar-refractivity contribution in [2.75, 3.05) is 6.54 Å². The van der Waals surface area contributed by atoms with Crippen LogP contribution in [-0.2, 0) is 6.54 Å². The van der Waals surface area contributed by atoms with E-state index in [1.54, 1.807) is 11.3 Å². The number of nitrogens with one attached hydrogen (secondary N) is 2. The second kappa shape index (κ2) is 7.45. The zero-order chi connectivity index (χ0) is 14.4. The van der Waals surface area contributed by atoms with Gasteiger partial charge in [-0.25, -0.2) is 9.78 Å². The van der Waals surface area contributed by atoms with Gasteiger partial charge >= 0.3 is 6.03 Å². The van der Waals surface area contributed by atoms with Crippen molar-refractivity contribution in [2.24, 2.45) is 5.92 Å². The minimum absolute atomic E-state index is 0.185. The van der Waals surface area contributed by atoms with Crippen LogP contribution in [0, 0.1) is 19.8 Å². The molecule has 5 nitrogen and oxygen atoms in total. The minimum atomic E-state index is -0.500. The molecule has 0 saturated carbocycles. The van der Waals surface area contributed by atoms with E-state index in [-0.39, 0.29) is 18.5 Å². The fraction of sp³-hybridized carbons (Fsp3) is 0.692. The number of carbonyl (C=O) groups excluding carboxylic acids is 1. The number of aromatic nitrogens is 1. The van der Waals surface area contributed by atoms with Gasteiger partial charge in [-0.15, -0.1) is 11.3 Å². The molecule has 0 aliphatic rings. The number of rotatable bonds is 6. The Bertz CT molecular complexity index is 401. The smallest absolute Gasteiger partial charge is 0.315 e. The van der Waals surface area contributed by atoms with Crippen LogP contribution in [0.25, 0.3) is 0 Å². The number of urea groups is 1. The molecule has 1 heterocycles. The quantitative estimate of drug-likeness (QED) is 0.748. The number of carbonyl (C=O) groups is 1. The second-order valence-corrected chi connectivity index (χ2v) is 6.05. The predicted octanol–water partition coefficient (Wildman–Crippen LogP) is 1.97. The molecule has 0 fully saturated rings. The summed E-state index contributed by atoms with van der Waals surface area (Å²) in [7, 11) is 0. The molecule has 2 atom stereocenters. The SMILES string of the molecule is CCC(C)C(O)CNC(=O)NCc1nc(C)c(C)s1. The van der Waals surface area contributed by atoms with Crippen LogP contribution < -0.4 is 10.6 Å². The second-order valence-electron chi connectivity index (χ2n) is 4.77. The molecule has 0 aliphatic carbocycles. The molecule has 1 aromatic heterocycles. The Kier molecular flexibility index (Phi) is 6.24. The maximum Gasteiger partial charge on any atom is 0.315 e. The maximum atomic E-state index is 11.6. The normalized spacial score (nSPS) is 13.9. The lowest BCUT2D eigenvalue weighted by Gasteiger charge is -2.17. The number of hydrogen-bond acceptors (Lipinski definition) is 4. The van der Waals surface area contributed by atoms with Gasteiger partial charge in [0.05, 0.1) is 18.3 Å². The van der Waals surface area contributed by atoms with Crippen LogP contribution in [0.1, 0.15) is 35.8 Å². The van der Waals surface area contributed by atoms with E-state index < -0.39 is 6.10 Å². The van der Waals surface area contributed by atoms with E-state index in [1.807, 2.05) is 27.7 Å². The summed E-state index contributed by atoms with van der Waals surface area (Å²) in [4.78, 5) is 17.1. The lowest BCUT2D eigenvalue weighted by molar-refractivity contribution is 0.114. The topological polar surface area (TPSA) is 74.2 Å². The molecule has 19 heavy (non-hydrogen) atoms. The molecular weight excluding hydrogens is 262 g/mol. The lowest BCUT2D eigenvalue weighted by atomic mass is 10.0. The number of hydrogen-bond donors (Lipinski definition) is 3. The highest BCUT2D eigenvalue weighted by Crippen LogP contribution is 2.15. The van der Waals surface area contributed by atoms with Gasteiger partial charge in [-0.05, 0) is 19.8 Å². The molecule has 6 heteroatoms. The lowest BCUT2D eigenvalue weighted by Crippen LogP contribution is -2.41. The van der Waals surface area contributed by atoms with E-state index in [4.69, 9.17) is 0 Å². The molecule has 1 rings (SSSR count). The Morgan fingerprint density at radius 1 is 1.42 bits per heavy atom. The average molecular weight is 285 g/mol. The van der Waals surface area contributed by atoms with E-state index in [1.165, 1.54) is 4.88 Å². The van der Waals surface area contributed by atoms with Crippen LogP contribution >= 0.6 is 11.3 Å². The first-order chi connectivity index (χ1) is 8.93. The van der Waals surface area contributed by atoms with Crippen LogP contribution in [0.5, 0.6) is 0 Å². The van der Waals surface area contributed by atoms with Crippen LogP contribution in [0.2, 0.25) is 0 Å². The van der Waals surface area contributed by atoms with Gasteiger partial charge in [0, 0.05) is 11.4 Å². The van der Waals surface area contributed by atoms with Crippen molar-refractivity contribution in [3.8, 4) is 0 Å². The van der Waals surface area contributed by atoms with Crippen LogP contribution in [0.4, 0.5) is 4.79 Å². The first-order valence-corrected chi connectivity index (χ1v) is 7.38. The van der Waals surface area contributed by atoms with Crippen molar-refractivity contribution in [3.63, 3.8) is 0 Å². The standard InChI is InChI=1S/C13H23N3O2S/c1-5-8(2)11(17)6-14-13(18)15-7-12-16-9(3)10(4)19-12/h8,11,17H,5-7H2,1-4H3,(H2,14,15,18). The molecule has 0 aliphatic heterocycles. The average Bonchev–Trinajstić information content (AvgIpc) is 2.71. The first kappa shape index (κ1) is 15.9. The molecule has 0 spiro atoms. The summed E-state index contributed by atoms with van der Waals surface area (Å²) in [6.07, 6.45) is 0.391. The molecular formula is C13H23N3O2S. The summed E-state index contributed by atoms with van der Waals surface area (Å²) in [6.45, 7) is 8.64. The Hall–Kier alpha value is -1.14. The van der Waals surface area contributed by atoms with Crippen LogP contribution in [0.3, 0.4) is 0 Å². The summed E-state index contributed by atoms with van der Waals surface area (Å²) in [6, 6.07) is -0.271. The highest BCUT2D eigenvalue weighted by molar-refractivity contribution is 7.11. The van der Waals surface area contributed by atoms with Gasteiger partial charge in [0.25, 0.3) is 0 Å². The van der Waals surface area contributed by atoms with E-state index in [2.05, 4.69) is 15.6 Å². The zero-order valence-electron chi connectivity index (χ0n) is 12.0. The Labute approximate surface area is 118 Å². The molecule has 0 aromatic carbocycles. The number of aryl methyl sites for hydroxylation is 2. The highest BCUT2D eigenvalue weighted by Gasteiger charge is 2.13. The van der Waals surface area contributed by atoms with Gasteiger partial charge in [-0.1, -0.05) is 20.3 Å². The van der Waals surface area contributed by atoms with Crippen molar-refractivity contribution in [2.45, 2.75) is 46.8 Å². The monoisotopic (exact) mass is 285 g/mol. The van der Waals surface area contributed by atoms with Gasteiger partial charge in [-0.3, -0.25) is 0 Å². The van der Waals surface area contributed by atoms with Crippen LogP contribution in [0.15, 0.2) is 0 Å². The van der Waals surface area contributed by atoms with E-state index in [9.17, 15) is 9.90 Å². The van der Waals surface area contributed by atoms with Crippen molar-refractivity contribution in [1.82, 2.24) is 15.6 Å². The molecule has 2 unspecified atom stereocenters. The van der Waals surface area contributed by atoms with Crippen molar-refractivity contribution >= 4 is 17.4 Å². The van der Waals surface area contributed by atoms with Crippen molar-refractivity contribution < 1.29 is 9.90 Å². The molecule has 0 bridgehead atoms. The maximum absolute atomic E-state index is 11.6. The summed E-state index contributed by atoms with van der Waals surface area (Å²) in [5.74, 6) is 0.185. The summed E-state index contributed by atoms with van der Waals surface area (Å²) in [5, 5.41) is 16.0. The highest BCUT2D eigenvalue weighted by atomic mass is 32.1. The number of amides is 2. The van der Waals surface area contributed by atoms with E-state index >= 15 is 0 Å². The third-order valence-corrected chi connectivity index (χ3v) is 4.32. The van der Waals surface area contributed by atoms with Gasteiger partial charge in [0.15, 0.2) is 0 Å². The molecule has 2 amide bonds. The van der Waals surface area contributed by atoms with E-state index in [0.717, 1.165) is 17.1 Å². The first-order valence-electron chi connectivity index (χ1n) is 6.56. The van der Waals surface area contributed by atoms with Gasteiger partial charge < -0.3 is 15.7 Å². The molecule has 0 saturated heterocycles. The fourth-order valence-corrected chi connectivity index (χ4v) is 2.38. The number of nitrogens with zero attached hydrogens (tertiary/aromatic N) is 1. The molecule has 0 radical (unpaired) electrons. The van der Waals surface area contributed by atoms with Crippen molar-refractivity contribution in [3.05, 3.63) is 15.6 Å². The molecule has 1 aromatic rings. The summed E-state index contributed by atoms with van der Waals surface area (Å²) >= 11 is 1.59. The minimum Gasteiger partial charge on any atom is -0.391 e. The molecule has 3 N–H and O–H groups in total. The largest absolute Gasteiger partial charge is 0.391 e. The predicted molar refractivity (Wildman–Crippen MR) is 77.3 cm³/mol. The van der Waals surface area contributed by atoms with E-state index in [0.29, 0.717) is 6.54 Å². The Balaban J connectivity index is 2.28. The number of aliphatic hydroxyl groups is 1. The van der Waals surface area contributed by atoms with Gasteiger partial charge in [-0.2, -0.15) is 0 Å². The summed E-state index contributed by atoms with van der Waals surface area (Å²) in [5.41, 5.74) is 1.01. The van der Waals surface area contributed by atoms with Crippen molar-refractivity contribution in [1.29, 1.82) is 0 Å². The number of thiazole rings is 1. The third-order valence-electron chi connectivity index (χ3n) is 3.25. The Morgan fingerprint density at radius 2 is 2.11 bits per heavy atom. The van der Waals surface area contributed by atoms with Crippen LogP contribution in [-0.4, -0.2) is 28.8 Å². The molecule has 108 valence electrons. The van der Waals surface area contributed by atoms with Gasteiger partial charge in [0.1, 0.15) is 5.01 Å². The fourth-order valence-electron chi connectivity index (χ4n) is 1.50. The van der Waals surface area contributed by atoms with Gasteiger partial charge in [0.2, 0.25) is 0 Å². The zero-order valence-corrected chi connectivity index (χ0v) is 12.8. The Morgan fingerprint density at radius 3 is 2.63 bits per heavy atom. The third kappa shape index (κ3) is 5.16.